The molecule has 3 aromatic rings. The summed E-state index contributed by atoms with van der Waals surface area (Å²) in [5.41, 5.74) is -5.71. The molecule has 4 nitrogen and oxygen atoms in total. The first kappa shape index (κ1) is 20.5. The van der Waals surface area contributed by atoms with E-state index in [-0.39, 0.29) is 15.9 Å². The molecule has 0 saturated carbocycles. The van der Waals surface area contributed by atoms with Crippen molar-refractivity contribution in [2.24, 2.45) is 0 Å². The third kappa shape index (κ3) is 3.22. The predicted octanol–water partition coefficient (Wildman–Crippen LogP) is 3.20. The van der Waals surface area contributed by atoms with Crippen LogP contribution in [0.15, 0.2) is 91.0 Å². The summed E-state index contributed by atoms with van der Waals surface area (Å²) in [5.74, 6) is 0. The van der Waals surface area contributed by atoms with Gasteiger partial charge in [0.15, 0.2) is 0 Å². The zero-order valence-electron chi connectivity index (χ0n) is 14.3. The van der Waals surface area contributed by atoms with Gasteiger partial charge in [0.05, 0.1) is 0 Å². The molecule has 9 heteroatoms. The summed E-state index contributed by atoms with van der Waals surface area (Å²) in [7, 11) is -11.6. The molecule has 148 valence electrons. The van der Waals surface area contributed by atoms with Gasteiger partial charge in [-0.05, 0) is 0 Å². The van der Waals surface area contributed by atoms with E-state index in [2.05, 4.69) is 0 Å². The third-order valence-corrected chi connectivity index (χ3v) is 10.5. The molecule has 28 heavy (non-hydrogen) atoms. The molecule has 0 unspecified atom stereocenters. The summed E-state index contributed by atoms with van der Waals surface area (Å²) < 4.78 is 68.9. The fourth-order valence-corrected chi connectivity index (χ4v) is 8.89. The number of halogens is 3. The molecule has 0 aliphatic carbocycles. The van der Waals surface area contributed by atoms with Gasteiger partial charge >= 0.3 is 160 Å². The van der Waals surface area contributed by atoms with E-state index in [0.29, 0.717) is 0 Å². The normalized spacial score (nSPS) is 14.2. The summed E-state index contributed by atoms with van der Waals surface area (Å²) in [4.78, 5) is 12.1. The monoisotopic (exact) mass is 428 g/mol. The Hall–Kier alpha value is -2.25. The number of hydrogen-bond acceptors (Lipinski definition) is 4. The van der Waals surface area contributed by atoms with Crippen molar-refractivity contribution in [3.63, 3.8) is 0 Å². The fourth-order valence-electron chi connectivity index (χ4n) is 2.92. The van der Waals surface area contributed by atoms with E-state index in [1.165, 1.54) is 72.8 Å². The van der Waals surface area contributed by atoms with Gasteiger partial charge in [-0.1, -0.05) is 0 Å². The van der Waals surface area contributed by atoms with Crippen LogP contribution in [0.25, 0.3) is 0 Å². The molecule has 3 aromatic carbocycles. The maximum atomic E-state index is 13.3. The van der Waals surface area contributed by atoms with Crippen LogP contribution in [0, 0.1) is 0 Å². The number of hydrogen-bond donors (Lipinski definition) is 1. The van der Waals surface area contributed by atoms with Gasteiger partial charge in [-0.25, -0.2) is 0 Å². The Morgan fingerprint density at radius 1 is 0.679 bits per heavy atom. The Balaban J connectivity index is 2.48. The molecule has 0 saturated heterocycles. The average molecular weight is 428 g/mol. The van der Waals surface area contributed by atoms with Gasteiger partial charge < -0.3 is 0 Å². The molecule has 0 aromatic heterocycles. The molecule has 0 aliphatic heterocycles. The topological polar surface area (TPSA) is 63.6 Å². The van der Waals surface area contributed by atoms with Crippen molar-refractivity contribution in [1.82, 2.24) is 0 Å². The second-order valence-electron chi connectivity index (χ2n) is 5.97. The van der Waals surface area contributed by atoms with Crippen molar-refractivity contribution in [1.29, 1.82) is 0 Å². The molecule has 0 fully saturated rings. The number of benzene rings is 3. The Labute approximate surface area is 160 Å². The van der Waals surface area contributed by atoms with E-state index in [9.17, 15) is 26.5 Å². The first-order chi connectivity index (χ1) is 13.1. The molecule has 0 spiro atoms. The molecule has 0 radical (unpaired) electrons. The zero-order chi connectivity index (χ0) is 20.5. The minimum atomic E-state index is -6.15. The Bertz CT molecular complexity index is 957. The fraction of sp³-hybridized carbons (Fsp3) is 0.0526. The molecular weight excluding hydrogens is 412 g/mol. The third-order valence-electron chi connectivity index (χ3n) is 4.23. The summed E-state index contributed by atoms with van der Waals surface area (Å²) in [6, 6.07) is 21.8. The van der Waals surface area contributed by atoms with Crippen LogP contribution in [-0.4, -0.2) is 18.8 Å². The van der Waals surface area contributed by atoms with Crippen LogP contribution in [0.3, 0.4) is 0 Å². The van der Waals surface area contributed by atoms with Crippen molar-refractivity contribution >= 4 is 33.1 Å². The van der Waals surface area contributed by atoms with Crippen LogP contribution in [0.1, 0.15) is 0 Å². The molecule has 1 N–H and O–H groups in total. The molecule has 0 bridgehead atoms. The quantitative estimate of drug-likeness (QED) is 0.501. The van der Waals surface area contributed by atoms with Crippen LogP contribution in [0.2, 0.25) is 0 Å². The molecular formula is C19H16F3O4PS. The van der Waals surface area contributed by atoms with Crippen LogP contribution < -0.4 is 15.9 Å². The Morgan fingerprint density at radius 3 is 1.21 bits per heavy atom. The molecule has 0 heterocycles. The van der Waals surface area contributed by atoms with Gasteiger partial charge in [-0.2, -0.15) is 0 Å². The number of rotatable bonds is 5. The van der Waals surface area contributed by atoms with Gasteiger partial charge in [0.25, 0.3) is 0 Å². The standard InChI is InChI=1S/C19H16F3O4PS/c20-19(21,22)28(24,25)26-27(23,16-10-4-1-5-11-16,17-12-6-2-7-13-17)18-14-8-3-9-15-18/h1-15,23H. The van der Waals surface area contributed by atoms with E-state index in [1.807, 2.05) is 0 Å². The molecule has 0 atom stereocenters. The Kier molecular flexibility index (Phi) is 5.10. The van der Waals surface area contributed by atoms with Crippen molar-refractivity contribution in [3.05, 3.63) is 91.0 Å². The molecule has 0 aliphatic rings. The van der Waals surface area contributed by atoms with Crippen molar-refractivity contribution in [2.45, 2.75) is 5.51 Å². The number of alkyl halides is 3. The molecule has 3 rings (SSSR count). The molecule has 0 amide bonds. The van der Waals surface area contributed by atoms with Crippen molar-refractivity contribution < 1.29 is 30.5 Å². The summed E-state index contributed by atoms with van der Waals surface area (Å²) in [5, 5.41) is -0.212. The van der Waals surface area contributed by atoms with E-state index < -0.39 is 22.7 Å². The SMILES string of the molecule is O=S(=O)(OP(O)(c1ccccc1)(c1ccccc1)c1ccccc1)C(F)(F)F. The van der Waals surface area contributed by atoms with Crippen molar-refractivity contribution in [2.75, 3.05) is 0 Å². The predicted molar refractivity (Wildman–Crippen MR) is 103 cm³/mol. The summed E-state index contributed by atoms with van der Waals surface area (Å²) in [6.45, 7) is 0. The summed E-state index contributed by atoms with van der Waals surface area (Å²) >= 11 is 0. The second-order valence-corrected chi connectivity index (χ2v) is 11.5. The zero-order valence-corrected chi connectivity index (χ0v) is 16.0. The van der Waals surface area contributed by atoms with Gasteiger partial charge in [0, 0.05) is 0 Å². The minimum absolute atomic E-state index is 0.0706. The van der Waals surface area contributed by atoms with Gasteiger partial charge in [0.2, 0.25) is 0 Å². The first-order valence-electron chi connectivity index (χ1n) is 8.06. The van der Waals surface area contributed by atoms with Crippen molar-refractivity contribution in [3.8, 4) is 0 Å². The van der Waals surface area contributed by atoms with E-state index in [0.717, 1.165) is 0 Å². The Morgan fingerprint density at radius 2 is 0.964 bits per heavy atom. The van der Waals surface area contributed by atoms with Crippen LogP contribution in [-0.2, 0) is 14.1 Å². The van der Waals surface area contributed by atoms with Gasteiger partial charge in [0.1, 0.15) is 0 Å². The summed E-state index contributed by atoms with van der Waals surface area (Å²) in [6.07, 6.45) is 0. The van der Waals surface area contributed by atoms with Crippen LogP contribution >= 0.6 is 7.06 Å². The van der Waals surface area contributed by atoms with E-state index >= 15 is 0 Å². The maximum absolute atomic E-state index is 13.3. The van der Waals surface area contributed by atoms with Crippen LogP contribution in [0.4, 0.5) is 13.2 Å². The van der Waals surface area contributed by atoms with E-state index in [1.54, 1.807) is 18.2 Å². The first-order valence-corrected chi connectivity index (χ1v) is 11.6. The average Bonchev–Trinajstić information content (AvgIpc) is 2.69. The van der Waals surface area contributed by atoms with Gasteiger partial charge in [-0.3, -0.25) is 0 Å². The second kappa shape index (κ2) is 6.97. The van der Waals surface area contributed by atoms with Crippen LogP contribution in [0.5, 0.6) is 0 Å². The van der Waals surface area contributed by atoms with E-state index in [4.69, 9.17) is 3.97 Å². The van der Waals surface area contributed by atoms with Gasteiger partial charge in [-0.15, -0.1) is 0 Å².